The van der Waals surface area contributed by atoms with Crippen LogP contribution in [0.5, 0.6) is 0 Å². The Morgan fingerprint density at radius 1 is 1.24 bits per heavy atom. The maximum Gasteiger partial charge on any atom is 0.154 e. The second-order valence-electron chi connectivity index (χ2n) is 5.74. The second-order valence-corrected chi connectivity index (χ2v) is 6.01. The fourth-order valence-electron chi connectivity index (χ4n) is 3.29. The van der Waals surface area contributed by atoms with Gasteiger partial charge in [-0.1, -0.05) is 0 Å². The van der Waals surface area contributed by atoms with Gasteiger partial charge in [-0.25, -0.2) is 18.4 Å². The monoisotopic (exact) mass is 313 g/mol. The number of fused-ring (bicyclic) bond motifs is 1. The largest absolute Gasteiger partial charge is 0.305 e. The molecule has 21 heavy (non-hydrogen) atoms. The Hall–Kier alpha value is -1.36. The van der Waals surface area contributed by atoms with Crippen LogP contribution in [-0.2, 0) is 5.88 Å². The summed E-state index contributed by atoms with van der Waals surface area (Å²) in [6, 6.07) is 2.75. The van der Waals surface area contributed by atoms with Gasteiger partial charge in [0.05, 0.1) is 11.4 Å². The molecule has 0 amide bonds. The summed E-state index contributed by atoms with van der Waals surface area (Å²) in [4.78, 5) is 4.26. The van der Waals surface area contributed by atoms with Crippen molar-refractivity contribution in [3.8, 4) is 0 Å². The van der Waals surface area contributed by atoms with Crippen molar-refractivity contribution in [3.05, 3.63) is 29.6 Å². The third-order valence-corrected chi connectivity index (χ3v) is 4.46. The van der Waals surface area contributed by atoms with E-state index in [1.165, 1.54) is 6.07 Å². The number of rotatable bonds is 2. The van der Waals surface area contributed by atoms with Gasteiger partial charge in [-0.05, 0) is 33.1 Å². The lowest BCUT2D eigenvalue weighted by atomic mass is 10.00. The van der Waals surface area contributed by atoms with Gasteiger partial charge in [0.15, 0.2) is 5.82 Å². The number of imidazole rings is 1. The molecule has 1 aliphatic rings. The summed E-state index contributed by atoms with van der Waals surface area (Å²) in [6.07, 6.45) is 3.25. The predicted molar refractivity (Wildman–Crippen MR) is 80.2 cm³/mol. The summed E-state index contributed by atoms with van der Waals surface area (Å²) in [5.74, 6) is -0.533. The lowest BCUT2D eigenvalue weighted by Crippen LogP contribution is -2.51. The highest BCUT2D eigenvalue weighted by molar-refractivity contribution is 6.16. The summed E-state index contributed by atoms with van der Waals surface area (Å²) in [7, 11) is 0. The Balaban J connectivity index is 2.24. The normalized spacial score (nSPS) is 23.0. The standard InChI is InChI=1S/C15H18ClF2N3/c1-9-4-3-5-10(2)20(9)21-13-7-11(17)6-12(18)15(13)19-14(21)8-16/h6-7,9-10H,3-5,8H2,1-2H3. The molecule has 114 valence electrons. The fourth-order valence-corrected chi connectivity index (χ4v) is 3.46. The highest BCUT2D eigenvalue weighted by Crippen LogP contribution is 2.28. The van der Waals surface area contributed by atoms with E-state index in [9.17, 15) is 8.78 Å². The van der Waals surface area contributed by atoms with Gasteiger partial charge in [-0.3, -0.25) is 0 Å². The van der Waals surface area contributed by atoms with E-state index in [4.69, 9.17) is 11.6 Å². The number of aromatic nitrogens is 2. The molecule has 0 spiro atoms. The molecule has 1 aromatic carbocycles. The van der Waals surface area contributed by atoms with Crippen LogP contribution in [0.2, 0.25) is 0 Å². The van der Waals surface area contributed by atoms with E-state index in [1.807, 2.05) is 4.68 Å². The highest BCUT2D eigenvalue weighted by atomic mass is 35.5. The molecule has 1 saturated heterocycles. The molecule has 2 aromatic rings. The summed E-state index contributed by atoms with van der Waals surface area (Å²) >= 11 is 5.98. The minimum atomic E-state index is -0.646. The molecule has 6 heteroatoms. The van der Waals surface area contributed by atoms with Crippen molar-refractivity contribution in [2.45, 2.75) is 51.1 Å². The number of piperidine rings is 1. The zero-order chi connectivity index (χ0) is 15.1. The zero-order valence-corrected chi connectivity index (χ0v) is 12.9. The van der Waals surface area contributed by atoms with E-state index in [0.717, 1.165) is 25.3 Å². The smallest absolute Gasteiger partial charge is 0.154 e. The zero-order valence-electron chi connectivity index (χ0n) is 12.1. The van der Waals surface area contributed by atoms with Crippen LogP contribution >= 0.6 is 11.6 Å². The average molecular weight is 314 g/mol. The SMILES string of the molecule is CC1CCCC(C)N1n1c(CCl)nc2c(F)cc(F)cc21. The van der Waals surface area contributed by atoms with E-state index in [-0.39, 0.29) is 23.5 Å². The van der Waals surface area contributed by atoms with Crippen LogP contribution in [0, 0.1) is 11.6 Å². The van der Waals surface area contributed by atoms with Crippen molar-refractivity contribution in [1.82, 2.24) is 9.66 Å². The van der Waals surface area contributed by atoms with Gasteiger partial charge in [0.1, 0.15) is 17.2 Å². The minimum Gasteiger partial charge on any atom is -0.305 e. The third-order valence-electron chi connectivity index (χ3n) is 4.22. The van der Waals surface area contributed by atoms with Crippen LogP contribution < -0.4 is 5.01 Å². The molecule has 1 aliphatic heterocycles. The van der Waals surface area contributed by atoms with Gasteiger partial charge in [-0.15, -0.1) is 11.6 Å². The van der Waals surface area contributed by atoms with Crippen LogP contribution in [0.25, 0.3) is 11.0 Å². The van der Waals surface area contributed by atoms with Crippen LogP contribution in [0.3, 0.4) is 0 Å². The number of hydrogen-bond donors (Lipinski definition) is 0. The number of halogens is 3. The summed E-state index contributed by atoms with van der Waals surface area (Å²) in [5, 5.41) is 2.15. The van der Waals surface area contributed by atoms with Crippen molar-refractivity contribution < 1.29 is 8.78 Å². The molecule has 2 unspecified atom stereocenters. The third kappa shape index (κ3) is 2.37. The maximum absolute atomic E-state index is 14.0. The van der Waals surface area contributed by atoms with Crippen molar-refractivity contribution >= 4 is 22.6 Å². The van der Waals surface area contributed by atoms with Crippen molar-refractivity contribution in [1.29, 1.82) is 0 Å². The van der Waals surface area contributed by atoms with Gasteiger partial charge in [0.25, 0.3) is 0 Å². The van der Waals surface area contributed by atoms with E-state index in [0.29, 0.717) is 11.3 Å². The van der Waals surface area contributed by atoms with Crippen molar-refractivity contribution in [2.24, 2.45) is 0 Å². The Morgan fingerprint density at radius 2 is 1.90 bits per heavy atom. The molecule has 1 fully saturated rings. The van der Waals surface area contributed by atoms with E-state index < -0.39 is 11.6 Å². The first-order valence-corrected chi connectivity index (χ1v) is 7.77. The molecule has 0 N–H and O–H groups in total. The molecule has 3 nitrogen and oxygen atoms in total. The summed E-state index contributed by atoms with van der Waals surface area (Å²) in [6.45, 7) is 4.24. The van der Waals surface area contributed by atoms with Crippen LogP contribution in [0.15, 0.2) is 12.1 Å². The average Bonchev–Trinajstić information content (AvgIpc) is 2.78. The minimum absolute atomic E-state index is 0.158. The first kappa shape index (κ1) is 14.6. The Morgan fingerprint density at radius 3 is 2.52 bits per heavy atom. The Labute approximate surface area is 127 Å². The van der Waals surface area contributed by atoms with Crippen molar-refractivity contribution in [2.75, 3.05) is 5.01 Å². The van der Waals surface area contributed by atoms with Gasteiger partial charge in [0.2, 0.25) is 0 Å². The topological polar surface area (TPSA) is 21.1 Å². The molecule has 1 aromatic heterocycles. The van der Waals surface area contributed by atoms with Gasteiger partial charge in [-0.2, -0.15) is 0 Å². The number of nitrogens with zero attached hydrogens (tertiary/aromatic N) is 3. The molecule has 0 saturated carbocycles. The lowest BCUT2D eigenvalue weighted by molar-refractivity contribution is 0.337. The molecular weight excluding hydrogens is 296 g/mol. The number of hydrogen-bond acceptors (Lipinski definition) is 2. The van der Waals surface area contributed by atoms with Crippen LogP contribution in [0.4, 0.5) is 8.78 Å². The maximum atomic E-state index is 14.0. The number of benzene rings is 1. The molecule has 0 aliphatic carbocycles. The van der Waals surface area contributed by atoms with Crippen LogP contribution in [0.1, 0.15) is 38.9 Å². The quantitative estimate of drug-likeness (QED) is 0.783. The summed E-state index contributed by atoms with van der Waals surface area (Å²) < 4.78 is 29.4. The van der Waals surface area contributed by atoms with E-state index in [1.54, 1.807) is 0 Å². The molecule has 2 heterocycles. The Kier molecular flexibility index (Phi) is 3.78. The van der Waals surface area contributed by atoms with Crippen LogP contribution in [-0.4, -0.2) is 21.7 Å². The van der Waals surface area contributed by atoms with Gasteiger partial charge < -0.3 is 5.01 Å². The molecule has 3 rings (SSSR count). The molecule has 0 radical (unpaired) electrons. The first-order valence-electron chi connectivity index (χ1n) is 7.24. The molecule has 2 atom stereocenters. The molecular formula is C15H18ClF2N3. The lowest BCUT2D eigenvalue weighted by Gasteiger charge is -2.42. The van der Waals surface area contributed by atoms with Gasteiger partial charge >= 0.3 is 0 Å². The fraction of sp³-hybridized carbons (Fsp3) is 0.533. The highest BCUT2D eigenvalue weighted by Gasteiger charge is 2.29. The second kappa shape index (κ2) is 5.44. The Bertz CT molecular complexity index is 660. The summed E-state index contributed by atoms with van der Waals surface area (Å²) in [5.41, 5.74) is 0.626. The van der Waals surface area contributed by atoms with E-state index >= 15 is 0 Å². The predicted octanol–water partition coefficient (Wildman–Crippen LogP) is 3.95. The van der Waals surface area contributed by atoms with E-state index in [2.05, 4.69) is 23.8 Å². The number of alkyl halides is 1. The van der Waals surface area contributed by atoms with Crippen molar-refractivity contribution in [3.63, 3.8) is 0 Å². The molecule has 0 bridgehead atoms. The first-order chi connectivity index (χ1) is 10.0. The van der Waals surface area contributed by atoms with Gasteiger partial charge in [0, 0.05) is 24.2 Å².